The van der Waals surface area contributed by atoms with Crippen LogP contribution in [0.1, 0.15) is 28.3 Å². The van der Waals surface area contributed by atoms with Crippen LogP contribution in [0.2, 0.25) is 0 Å². The average molecular weight is 290 g/mol. The molecule has 0 radical (unpaired) electrons. The predicted octanol–water partition coefficient (Wildman–Crippen LogP) is 4.11. The first-order chi connectivity index (χ1) is 8.08. The molecule has 2 aromatic rings. The minimum Gasteiger partial charge on any atom is -0.320 e. The zero-order valence-corrected chi connectivity index (χ0v) is 11.7. The van der Waals surface area contributed by atoms with E-state index in [0.29, 0.717) is 0 Å². The van der Waals surface area contributed by atoms with E-state index in [9.17, 15) is 0 Å². The lowest BCUT2D eigenvalue weighted by atomic mass is 9.95. The molecule has 2 rings (SSSR count). The lowest BCUT2D eigenvalue weighted by Crippen LogP contribution is -2.13. The summed E-state index contributed by atoms with van der Waals surface area (Å²) in [5, 5.41) is 0. The van der Waals surface area contributed by atoms with Crippen molar-refractivity contribution in [1.29, 1.82) is 0 Å². The molecule has 0 amide bonds. The fourth-order valence-electron chi connectivity index (χ4n) is 2.02. The lowest BCUT2D eigenvalue weighted by molar-refractivity contribution is 0.860. The zero-order valence-electron chi connectivity index (χ0n) is 10.1. The Hall–Kier alpha value is -1.12. The van der Waals surface area contributed by atoms with Crippen LogP contribution in [0.25, 0.3) is 0 Å². The molecule has 88 valence electrons. The molecule has 1 atom stereocenters. The quantitative estimate of drug-likeness (QED) is 0.884. The van der Waals surface area contributed by atoms with Gasteiger partial charge in [0.1, 0.15) is 0 Å². The van der Waals surface area contributed by atoms with E-state index in [1.54, 1.807) is 0 Å². The van der Waals surface area contributed by atoms with Gasteiger partial charge in [0.2, 0.25) is 0 Å². The summed E-state index contributed by atoms with van der Waals surface area (Å²) in [7, 11) is 0. The third-order valence-corrected chi connectivity index (χ3v) is 3.52. The van der Waals surface area contributed by atoms with Crippen LogP contribution in [0.15, 0.2) is 46.9 Å². The highest BCUT2D eigenvalue weighted by molar-refractivity contribution is 9.10. The van der Waals surface area contributed by atoms with Crippen molar-refractivity contribution >= 4 is 15.9 Å². The van der Waals surface area contributed by atoms with E-state index in [1.807, 2.05) is 12.1 Å². The van der Waals surface area contributed by atoms with E-state index in [2.05, 4.69) is 60.1 Å². The summed E-state index contributed by atoms with van der Waals surface area (Å²) in [6, 6.07) is 14.5. The van der Waals surface area contributed by atoms with Crippen LogP contribution in [0.5, 0.6) is 0 Å². The van der Waals surface area contributed by atoms with Gasteiger partial charge in [-0.05, 0) is 42.7 Å². The molecular formula is C15H16BrN. The summed E-state index contributed by atoms with van der Waals surface area (Å²) in [6.45, 7) is 4.21. The minimum atomic E-state index is -0.0521. The van der Waals surface area contributed by atoms with Gasteiger partial charge in [-0.1, -0.05) is 51.8 Å². The molecule has 0 aromatic heterocycles. The number of rotatable bonds is 2. The van der Waals surface area contributed by atoms with Crippen molar-refractivity contribution in [2.75, 3.05) is 0 Å². The largest absolute Gasteiger partial charge is 0.320 e. The van der Waals surface area contributed by atoms with Gasteiger partial charge in [-0.25, -0.2) is 0 Å². The minimum absolute atomic E-state index is 0.0521. The molecular weight excluding hydrogens is 274 g/mol. The standard InChI is InChI=1S/C15H16BrN/c1-10-3-8-14(11(2)9-10)15(17)12-4-6-13(16)7-5-12/h3-9,15H,17H2,1-2H3. The van der Waals surface area contributed by atoms with Crippen molar-refractivity contribution in [3.05, 3.63) is 69.2 Å². The van der Waals surface area contributed by atoms with E-state index in [-0.39, 0.29) is 6.04 Å². The molecule has 1 unspecified atom stereocenters. The highest BCUT2D eigenvalue weighted by Gasteiger charge is 2.10. The Morgan fingerprint density at radius 1 is 1.00 bits per heavy atom. The van der Waals surface area contributed by atoms with Gasteiger partial charge >= 0.3 is 0 Å². The Morgan fingerprint density at radius 3 is 2.24 bits per heavy atom. The van der Waals surface area contributed by atoms with E-state index >= 15 is 0 Å². The summed E-state index contributed by atoms with van der Waals surface area (Å²) in [5.74, 6) is 0. The van der Waals surface area contributed by atoms with Crippen LogP contribution < -0.4 is 5.73 Å². The third-order valence-electron chi connectivity index (χ3n) is 2.99. The van der Waals surface area contributed by atoms with E-state index in [1.165, 1.54) is 16.7 Å². The zero-order chi connectivity index (χ0) is 12.4. The maximum absolute atomic E-state index is 6.30. The average Bonchev–Trinajstić information content (AvgIpc) is 2.29. The third kappa shape index (κ3) is 2.76. The monoisotopic (exact) mass is 289 g/mol. The summed E-state index contributed by atoms with van der Waals surface area (Å²) in [5.41, 5.74) is 11.2. The highest BCUT2D eigenvalue weighted by Crippen LogP contribution is 2.24. The van der Waals surface area contributed by atoms with Crippen molar-refractivity contribution < 1.29 is 0 Å². The summed E-state index contributed by atoms with van der Waals surface area (Å²) >= 11 is 3.43. The number of halogens is 1. The Labute approximate surface area is 111 Å². The molecule has 0 saturated heterocycles. The number of hydrogen-bond donors (Lipinski definition) is 1. The second kappa shape index (κ2) is 5.03. The SMILES string of the molecule is Cc1ccc(C(N)c2ccc(Br)cc2)c(C)c1. The van der Waals surface area contributed by atoms with Gasteiger partial charge in [0.25, 0.3) is 0 Å². The molecule has 0 saturated carbocycles. The first-order valence-electron chi connectivity index (χ1n) is 5.66. The highest BCUT2D eigenvalue weighted by atomic mass is 79.9. The smallest absolute Gasteiger partial charge is 0.0554 e. The normalized spacial score (nSPS) is 12.5. The van der Waals surface area contributed by atoms with Crippen molar-refractivity contribution in [3.8, 4) is 0 Å². The molecule has 0 aliphatic rings. The van der Waals surface area contributed by atoms with E-state index in [0.717, 1.165) is 10.0 Å². The van der Waals surface area contributed by atoms with Gasteiger partial charge in [0.15, 0.2) is 0 Å². The Kier molecular flexibility index (Phi) is 3.65. The van der Waals surface area contributed by atoms with Gasteiger partial charge in [-0.3, -0.25) is 0 Å². The van der Waals surface area contributed by atoms with Crippen LogP contribution in [0.4, 0.5) is 0 Å². The number of nitrogens with two attached hydrogens (primary N) is 1. The topological polar surface area (TPSA) is 26.0 Å². The predicted molar refractivity (Wildman–Crippen MR) is 76.1 cm³/mol. The molecule has 0 aliphatic heterocycles. The molecule has 2 heteroatoms. The van der Waals surface area contributed by atoms with Crippen LogP contribution in [0.3, 0.4) is 0 Å². The maximum Gasteiger partial charge on any atom is 0.0554 e. The van der Waals surface area contributed by atoms with Crippen LogP contribution in [0, 0.1) is 13.8 Å². The molecule has 0 spiro atoms. The summed E-state index contributed by atoms with van der Waals surface area (Å²) in [6.07, 6.45) is 0. The van der Waals surface area contributed by atoms with Gasteiger partial charge < -0.3 is 5.73 Å². The fraction of sp³-hybridized carbons (Fsp3) is 0.200. The van der Waals surface area contributed by atoms with Gasteiger partial charge in [0, 0.05) is 4.47 Å². The second-order valence-corrected chi connectivity index (χ2v) is 5.30. The first-order valence-corrected chi connectivity index (χ1v) is 6.45. The van der Waals surface area contributed by atoms with Crippen molar-refractivity contribution in [2.24, 2.45) is 5.73 Å². The molecule has 1 nitrogen and oxygen atoms in total. The number of benzene rings is 2. The van der Waals surface area contributed by atoms with Gasteiger partial charge in [-0.15, -0.1) is 0 Å². The van der Waals surface area contributed by atoms with Crippen molar-refractivity contribution in [2.45, 2.75) is 19.9 Å². The molecule has 0 fully saturated rings. The van der Waals surface area contributed by atoms with E-state index in [4.69, 9.17) is 5.73 Å². The molecule has 0 heterocycles. The molecule has 2 aromatic carbocycles. The Bertz CT molecular complexity index is 517. The van der Waals surface area contributed by atoms with E-state index < -0.39 is 0 Å². The van der Waals surface area contributed by atoms with Crippen molar-refractivity contribution in [3.63, 3.8) is 0 Å². The van der Waals surface area contributed by atoms with Crippen LogP contribution in [-0.2, 0) is 0 Å². The molecule has 17 heavy (non-hydrogen) atoms. The lowest BCUT2D eigenvalue weighted by Gasteiger charge is -2.15. The number of aryl methyl sites for hydroxylation is 2. The summed E-state index contributed by atoms with van der Waals surface area (Å²) < 4.78 is 1.08. The van der Waals surface area contributed by atoms with Gasteiger partial charge in [0.05, 0.1) is 6.04 Å². The van der Waals surface area contributed by atoms with Crippen LogP contribution >= 0.6 is 15.9 Å². The maximum atomic E-state index is 6.30. The Balaban J connectivity index is 2.36. The molecule has 0 aliphatic carbocycles. The second-order valence-electron chi connectivity index (χ2n) is 4.39. The Morgan fingerprint density at radius 2 is 1.65 bits per heavy atom. The summed E-state index contributed by atoms with van der Waals surface area (Å²) in [4.78, 5) is 0. The molecule has 2 N–H and O–H groups in total. The van der Waals surface area contributed by atoms with Crippen molar-refractivity contribution in [1.82, 2.24) is 0 Å². The van der Waals surface area contributed by atoms with Crippen LogP contribution in [-0.4, -0.2) is 0 Å². The van der Waals surface area contributed by atoms with Gasteiger partial charge in [-0.2, -0.15) is 0 Å². The number of hydrogen-bond acceptors (Lipinski definition) is 1. The fourth-order valence-corrected chi connectivity index (χ4v) is 2.29. The molecule has 0 bridgehead atoms. The first kappa shape index (κ1) is 12.3.